The van der Waals surface area contributed by atoms with Crippen LogP contribution in [-0.4, -0.2) is 44.5 Å². The van der Waals surface area contributed by atoms with E-state index in [1.807, 2.05) is 4.90 Å². The fourth-order valence-corrected chi connectivity index (χ4v) is 6.03. The van der Waals surface area contributed by atoms with Crippen LogP contribution in [0, 0.1) is 11.6 Å². The predicted molar refractivity (Wildman–Crippen MR) is 128 cm³/mol. The van der Waals surface area contributed by atoms with Crippen molar-refractivity contribution in [3.63, 3.8) is 0 Å². The van der Waals surface area contributed by atoms with E-state index in [0.717, 1.165) is 18.6 Å². The molecule has 4 rings (SSSR count). The molecule has 1 saturated heterocycles. The summed E-state index contributed by atoms with van der Waals surface area (Å²) < 4.78 is 56.5. The van der Waals surface area contributed by atoms with Crippen LogP contribution < -0.4 is 9.62 Å². The summed E-state index contributed by atoms with van der Waals surface area (Å²) in [5.41, 5.74) is 2.35. The van der Waals surface area contributed by atoms with E-state index in [9.17, 15) is 17.2 Å². The van der Waals surface area contributed by atoms with E-state index in [4.69, 9.17) is 23.2 Å². The Morgan fingerprint density at radius 3 is 2.79 bits per heavy atom. The lowest BCUT2D eigenvalue weighted by atomic mass is 10.2. The highest BCUT2D eigenvalue weighted by Gasteiger charge is 2.29. The summed E-state index contributed by atoms with van der Waals surface area (Å²) in [5, 5.41) is 1.69. The fourth-order valence-electron chi connectivity index (χ4n) is 3.83. The number of anilines is 2. The molecule has 3 aromatic rings. The third-order valence-corrected chi connectivity index (χ3v) is 8.11. The van der Waals surface area contributed by atoms with Gasteiger partial charge in [-0.05, 0) is 18.6 Å². The molecule has 1 aliphatic heterocycles. The van der Waals surface area contributed by atoms with Crippen molar-refractivity contribution in [2.75, 3.05) is 29.8 Å². The van der Waals surface area contributed by atoms with E-state index in [2.05, 4.69) is 14.6 Å². The number of likely N-dealkylation sites (tertiary alicyclic amines) is 1. The van der Waals surface area contributed by atoms with Crippen LogP contribution in [0.2, 0.25) is 10.0 Å². The van der Waals surface area contributed by atoms with Crippen molar-refractivity contribution in [1.82, 2.24) is 9.88 Å². The van der Waals surface area contributed by atoms with Gasteiger partial charge < -0.3 is 4.90 Å². The number of hydrogen-bond donors (Lipinski definition) is 1. The zero-order valence-electron chi connectivity index (χ0n) is 17.4. The normalized spacial score (nSPS) is 16.8. The van der Waals surface area contributed by atoms with Gasteiger partial charge >= 0.3 is 0 Å². The van der Waals surface area contributed by atoms with Crippen molar-refractivity contribution in [1.29, 1.82) is 0 Å². The molecule has 176 valence electrons. The van der Waals surface area contributed by atoms with Gasteiger partial charge in [0.1, 0.15) is 16.5 Å². The van der Waals surface area contributed by atoms with Gasteiger partial charge in [-0.25, -0.2) is 22.2 Å². The van der Waals surface area contributed by atoms with Crippen molar-refractivity contribution < 1.29 is 17.2 Å². The topological polar surface area (TPSA) is 65.5 Å². The number of benzene rings is 2. The molecule has 0 bridgehead atoms. The first kappa shape index (κ1) is 24.2. The Morgan fingerprint density at radius 1 is 1.27 bits per heavy atom. The van der Waals surface area contributed by atoms with Gasteiger partial charge in [0.2, 0.25) is 0 Å². The molecular weight excluding hydrogens is 513 g/mol. The van der Waals surface area contributed by atoms with E-state index < -0.39 is 26.6 Å². The van der Waals surface area contributed by atoms with Gasteiger partial charge in [0.15, 0.2) is 5.82 Å². The molecule has 1 aromatic heterocycles. The summed E-state index contributed by atoms with van der Waals surface area (Å²) in [4.78, 5) is 7.20. The van der Waals surface area contributed by atoms with Crippen molar-refractivity contribution in [2.45, 2.75) is 23.9 Å². The number of aromatic nitrogens is 1. The Hall–Kier alpha value is -1.98. The Kier molecular flexibility index (Phi) is 7.11. The van der Waals surface area contributed by atoms with Gasteiger partial charge in [0.25, 0.3) is 10.0 Å². The van der Waals surface area contributed by atoms with Crippen LogP contribution in [0.4, 0.5) is 20.3 Å². The van der Waals surface area contributed by atoms with Crippen LogP contribution in [0.5, 0.6) is 0 Å². The number of hydrogen-bond acceptors (Lipinski definition) is 6. The third kappa shape index (κ3) is 5.25. The lowest BCUT2D eigenvalue weighted by Gasteiger charge is -2.28. The first-order valence-electron chi connectivity index (χ1n) is 9.94. The molecule has 1 fully saturated rings. The summed E-state index contributed by atoms with van der Waals surface area (Å²) in [6.45, 7) is 1.72. The maximum Gasteiger partial charge on any atom is 0.266 e. The highest BCUT2D eigenvalue weighted by Crippen LogP contribution is 2.34. The van der Waals surface area contributed by atoms with E-state index >= 15 is 0 Å². The smallest absolute Gasteiger partial charge is 0.266 e. The van der Waals surface area contributed by atoms with Crippen LogP contribution in [0.1, 0.15) is 12.0 Å². The van der Waals surface area contributed by atoms with E-state index in [-0.39, 0.29) is 21.9 Å². The van der Waals surface area contributed by atoms with Gasteiger partial charge in [-0.15, -0.1) is 11.3 Å². The number of nitrogens with one attached hydrogen (secondary N) is 1. The molecule has 1 N–H and O–H groups in total. The second kappa shape index (κ2) is 9.71. The minimum atomic E-state index is -4.19. The number of halogens is 4. The van der Waals surface area contributed by atoms with Gasteiger partial charge in [-0.2, -0.15) is 0 Å². The molecule has 0 saturated carbocycles. The SMILES string of the molecule is CN(c1cc(F)c(S(=O)(=O)Nc2cscn2)cc1Cl)C1CCN(Cc2cccc(Cl)c2F)C1. The van der Waals surface area contributed by atoms with Crippen molar-refractivity contribution in [3.05, 3.63) is 68.5 Å². The van der Waals surface area contributed by atoms with Crippen LogP contribution in [0.3, 0.4) is 0 Å². The minimum absolute atomic E-state index is 0.0141. The van der Waals surface area contributed by atoms with Crippen molar-refractivity contribution >= 4 is 56.1 Å². The number of rotatable bonds is 7. The quantitative estimate of drug-likeness (QED) is 0.450. The van der Waals surface area contributed by atoms with E-state index in [1.165, 1.54) is 28.3 Å². The summed E-state index contributed by atoms with van der Waals surface area (Å²) in [7, 11) is -2.41. The molecule has 2 heterocycles. The highest BCUT2D eigenvalue weighted by atomic mass is 35.5. The van der Waals surface area contributed by atoms with Crippen molar-refractivity contribution in [3.8, 4) is 0 Å². The molecule has 1 atom stereocenters. The van der Waals surface area contributed by atoms with Crippen LogP contribution in [0.25, 0.3) is 0 Å². The monoisotopic (exact) mass is 532 g/mol. The zero-order chi connectivity index (χ0) is 23.8. The number of likely N-dealkylation sites (N-methyl/N-ethyl adjacent to an activating group) is 1. The highest BCUT2D eigenvalue weighted by molar-refractivity contribution is 7.92. The minimum Gasteiger partial charge on any atom is -0.369 e. The first-order valence-corrected chi connectivity index (χ1v) is 13.1. The Balaban J connectivity index is 1.49. The molecule has 1 aliphatic rings. The number of nitrogens with zero attached hydrogens (tertiary/aromatic N) is 3. The van der Waals surface area contributed by atoms with Crippen LogP contribution in [0.15, 0.2) is 46.1 Å². The molecule has 2 aromatic carbocycles. The van der Waals surface area contributed by atoms with Gasteiger partial charge in [0, 0.05) is 49.7 Å². The lowest BCUT2D eigenvalue weighted by Crippen LogP contribution is -2.34. The van der Waals surface area contributed by atoms with Crippen LogP contribution >= 0.6 is 34.5 Å². The molecular formula is C21H20Cl2F2N4O2S2. The maximum absolute atomic E-state index is 14.9. The lowest BCUT2D eigenvalue weighted by molar-refractivity contribution is 0.320. The molecule has 6 nitrogen and oxygen atoms in total. The Labute approximate surface area is 204 Å². The van der Waals surface area contributed by atoms with Gasteiger partial charge in [-0.3, -0.25) is 9.62 Å². The first-order chi connectivity index (χ1) is 15.7. The predicted octanol–water partition coefficient (Wildman–Crippen LogP) is 5.24. The average Bonchev–Trinajstić information content (AvgIpc) is 3.44. The van der Waals surface area contributed by atoms with Gasteiger partial charge in [0.05, 0.1) is 21.2 Å². The second-order valence-corrected chi connectivity index (χ2v) is 10.9. The Bertz CT molecular complexity index is 1260. The third-order valence-electron chi connectivity index (χ3n) is 5.56. The summed E-state index contributed by atoms with van der Waals surface area (Å²) in [6, 6.07) is 7.13. The summed E-state index contributed by atoms with van der Waals surface area (Å²) in [6.07, 6.45) is 0.752. The molecule has 0 spiro atoms. The molecule has 12 heteroatoms. The maximum atomic E-state index is 14.9. The molecule has 0 radical (unpaired) electrons. The average molecular weight is 533 g/mol. The Morgan fingerprint density at radius 2 is 2.06 bits per heavy atom. The van der Waals surface area contributed by atoms with E-state index in [1.54, 1.807) is 19.2 Å². The summed E-state index contributed by atoms with van der Waals surface area (Å²) in [5.74, 6) is -1.23. The number of thiazole rings is 1. The van der Waals surface area contributed by atoms with E-state index in [0.29, 0.717) is 30.9 Å². The summed E-state index contributed by atoms with van der Waals surface area (Å²) >= 11 is 13.5. The second-order valence-electron chi connectivity index (χ2n) is 7.71. The standard InChI is InChI=1S/C21H20Cl2F2N4O2S2/c1-28(14-5-6-29(10-14)9-13-3-2-4-15(22)21(13)25)18-8-17(24)19(7-16(18)23)33(30,31)27-20-11-32-12-26-20/h2-4,7-8,11-12,14,27H,5-6,9-10H2,1H3. The fraction of sp³-hybridized carbons (Fsp3) is 0.286. The molecule has 33 heavy (non-hydrogen) atoms. The van der Waals surface area contributed by atoms with Gasteiger partial charge in [-0.1, -0.05) is 35.3 Å². The molecule has 0 amide bonds. The van der Waals surface area contributed by atoms with Crippen LogP contribution in [-0.2, 0) is 16.6 Å². The largest absolute Gasteiger partial charge is 0.369 e. The number of sulfonamides is 1. The molecule has 0 aliphatic carbocycles. The molecule has 1 unspecified atom stereocenters. The van der Waals surface area contributed by atoms with Crippen molar-refractivity contribution in [2.24, 2.45) is 0 Å². The zero-order valence-corrected chi connectivity index (χ0v) is 20.6.